The Morgan fingerprint density at radius 1 is 1.53 bits per heavy atom. The number of urea groups is 1. The van der Waals surface area contributed by atoms with E-state index in [1.165, 1.54) is 19.1 Å². The zero-order valence-electron chi connectivity index (χ0n) is 8.77. The normalized spacial score (nSPS) is 11.9. The highest BCUT2D eigenvalue weighted by atomic mass is 16.5. The van der Waals surface area contributed by atoms with Gasteiger partial charge in [0, 0.05) is 20.7 Å². The number of aliphatic carboxylic acids is 1. The molecule has 2 amide bonds. The van der Waals surface area contributed by atoms with Crippen LogP contribution in [0.5, 0.6) is 0 Å². The molecule has 0 saturated heterocycles. The molecule has 15 heavy (non-hydrogen) atoms. The lowest BCUT2D eigenvalue weighted by atomic mass is 10.3. The Hall–Kier alpha value is -1.34. The first-order valence-corrected chi connectivity index (χ1v) is 4.37. The van der Waals surface area contributed by atoms with Crippen LogP contribution in [0.3, 0.4) is 0 Å². The van der Waals surface area contributed by atoms with Crippen LogP contribution in [0.15, 0.2) is 0 Å². The number of hydrogen-bond donors (Lipinski definition) is 3. The second-order valence-electron chi connectivity index (χ2n) is 2.94. The fourth-order valence-corrected chi connectivity index (χ4v) is 0.774. The number of methoxy groups -OCH3 is 1. The molecular weight excluding hydrogens is 204 g/mol. The van der Waals surface area contributed by atoms with Gasteiger partial charge >= 0.3 is 12.0 Å². The van der Waals surface area contributed by atoms with Gasteiger partial charge in [-0.15, -0.1) is 0 Å². The van der Waals surface area contributed by atoms with E-state index in [1.807, 2.05) is 0 Å². The molecule has 0 aliphatic carbocycles. The average Bonchev–Trinajstić information content (AvgIpc) is 2.21. The molecule has 7 heteroatoms. The Balaban J connectivity index is 4.04. The van der Waals surface area contributed by atoms with Crippen LogP contribution in [0.1, 0.15) is 0 Å². The van der Waals surface area contributed by atoms with E-state index < -0.39 is 24.6 Å². The van der Waals surface area contributed by atoms with Gasteiger partial charge in [-0.2, -0.15) is 0 Å². The Morgan fingerprint density at radius 3 is 2.53 bits per heavy atom. The second kappa shape index (κ2) is 7.02. The van der Waals surface area contributed by atoms with E-state index in [2.05, 4.69) is 5.32 Å². The average molecular weight is 220 g/mol. The maximum atomic E-state index is 11.3. The Labute approximate surface area is 87.6 Å². The quantitative estimate of drug-likeness (QED) is 0.518. The van der Waals surface area contributed by atoms with Crippen LogP contribution in [0.25, 0.3) is 0 Å². The highest BCUT2D eigenvalue weighted by Gasteiger charge is 2.20. The number of aliphatic hydroxyl groups is 1. The molecule has 1 atom stereocenters. The van der Waals surface area contributed by atoms with E-state index in [1.54, 1.807) is 0 Å². The molecule has 0 heterocycles. The topological polar surface area (TPSA) is 99.1 Å². The van der Waals surface area contributed by atoms with Crippen molar-refractivity contribution >= 4 is 12.0 Å². The van der Waals surface area contributed by atoms with Crippen LogP contribution in [0.4, 0.5) is 4.79 Å². The van der Waals surface area contributed by atoms with Gasteiger partial charge in [0.25, 0.3) is 0 Å². The Kier molecular flexibility index (Phi) is 6.39. The van der Waals surface area contributed by atoms with Crippen LogP contribution >= 0.6 is 0 Å². The SMILES string of the molecule is COCCN(C)C(=O)N[C@@H](CO)C(=O)O. The first kappa shape index (κ1) is 13.7. The fourth-order valence-electron chi connectivity index (χ4n) is 0.774. The van der Waals surface area contributed by atoms with Crippen LogP contribution in [-0.2, 0) is 9.53 Å². The molecule has 0 unspecified atom stereocenters. The van der Waals surface area contributed by atoms with E-state index >= 15 is 0 Å². The van der Waals surface area contributed by atoms with Crippen molar-refractivity contribution in [2.45, 2.75) is 6.04 Å². The molecule has 0 aliphatic rings. The molecule has 0 bridgehead atoms. The molecule has 0 radical (unpaired) electrons. The largest absolute Gasteiger partial charge is 0.480 e. The number of amides is 2. The standard InChI is InChI=1S/C8H16N2O5/c1-10(3-4-15-2)8(14)9-6(5-11)7(12)13/h6,11H,3-5H2,1-2H3,(H,9,14)(H,12,13)/t6-/m0/s1. The van der Waals surface area contributed by atoms with Crippen molar-refractivity contribution in [3.63, 3.8) is 0 Å². The molecule has 7 nitrogen and oxygen atoms in total. The van der Waals surface area contributed by atoms with Crippen molar-refractivity contribution < 1.29 is 24.5 Å². The van der Waals surface area contributed by atoms with Crippen molar-refractivity contribution in [1.82, 2.24) is 10.2 Å². The lowest BCUT2D eigenvalue weighted by molar-refractivity contribution is -0.140. The summed E-state index contributed by atoms with van der Waals surface area (Å²) in [5.41, 5.74) is 0. The smallest absolute Gasteiger partial charge is 0.328 e. The van der Waals surface area contributed by atoms with Crippen LogP contribution in [0, 0.1) is 0 Å². The molecule has 0 fully saturated rings. The summed E-state index contributed by atoms with van der Waals surface area (Å²) in [5, 5.41) is 19.4. The molecular formula is C8H16N2O5. The van der Waals surface area contributed by atoms with E-state index in [0.717, 1.165) is 0 Å². The minimum atomic E-state index is -1.28. The van der Waals surface area contributed by atoms with E-state index in [0.29, 0.717) is 13.2 Å². The van der Waals surface area contributed by atoms with Crippen molar-refractivity contribution in [2.75, 3.05) is 33.9 Å². The molecule has 0 saturated carbocycles. The Bertz CT molecular complexity index is 221. The zero-order valence-corrected chi connectivity index (χ0v) is 8.77. The third kappa shape index (κ3) is 5.18. The van der Waals surface area contributed by atoms with Gasteiger partial charge in [-0.3, -0.25) is 0 Å². The van der Waals surface area contributed by atoms with E-state index in [-0.39, 0.29) is 0 Å². The molecule has 0 aromatic heterocycles. The summed E-state index contributed by atoms with van der Waals surface area (Å²) in [6, 6.07) is -1.84. The number of nitrogens with one attached hydrogen (secondary N) is 1. The summed E-state index contributed by atoms with van der Waals surface area (Å²) in [6.07, 6.45) is 0. The number of rotatable bonds is 6. The fraction of sp³-hybridized carbons (Fsp3) is 0.750. The third-order valence-electron chi connectivity index (χ3n) is 1.76. The van der Waals surface area contributed by atoms with Gasteiger partial charge in [0.05, 0.1) is 13.2 Å². The first-order chi connectivity index (χ1) is 7.02. The number of carboxylic acid groups (broad SMARTS) is 1. The van der Waals surface area contributed by atoms with Crippen molar-refractivity contribution in [1.29, 1.82) is 0 Å². The third-order valence-corrected chi connectivity index (χ3v) is 1.76. The van der Waals surface area contributed by atoms with Crippen LogP contribution < -0.4 is 5.32 Å². The van der Waals surface area contributed by atoms with Gasteiger partial charge in [-0.1, -0.05) is 0 Å². The Morgan fingerprint density at radius 2 is 2.13 bits per heavy atom. The molecule has 88 valence electrons. The zero-order chi connectivity index (χ0) is 11.8. The highest BCUT2D eigenvalue weighted by molar-refractivity contribution is 5.82. The lowest BCUT2D eigenvalue weighted by Gasteiger charge is -2.19. The summed E-state index contributed by atoms with van der Waals surface area (Å²) in [4.78, 5) is 23.1. The first-order valence-electron chi connectivity index (χ1n) is 4.37. The van der Waals surface area contributed by atoms with Gasteiger partial charge in [-0.05, 0) is 0 Å². The minimum Gasteiger partial charge on any atom is -0.480 e. The second-order valence-corrected chi connectivity index (χ2v) is 2.94. The number of carbonyl (C=O) groups excluding carboxylic acids is 1. The maximum absolute atomic E-state index is 11.3. The van der Waals surface area contributed by atoms with E-state index in [4.69, 9.17) is 14.9 Å². The van der Waals surface area contributed by atoms with Crippen molar-refractivity contribution in [3.05, 3.63) is 0 Å². The highest BCUT2D eigenvalue weighted by Crippen LogP contribution is 1.89. The molecule has 0 aromatic carbocycles. The summed E-state index contributed by atoms with van der Waals surface area (Å²) in [7, 11) is 3.00. The maximum Gasteiger partial charge on any atom is 0.328 e. The molecule has 0 aliphatic heterocycles. The predicted octanol–water partition coefficient (Wildman–Crippen LogP) is -1.28. The predicted molar refractivity (Wildman–Crippen MR) is 51.5 cm³/mol. The van der Waals surface area contributed by atoms with Crippen LogP contribution in [0.2, 0.25) is 0 Å². The summed E-state index contributed by atoms with van der Waals surface area (Å²) >= 11 is 0. The monoisotopic (exact) mass is 220 g/mol. The number of likely N-dealkylation sites (N-methyl/N-ethyl adjacent to an activating group) is 1. The summed E-state index contributed by atoms with van der Waals surface area (Å²) in [6.45, 7) is 0.0695. The molecule has 0 aromatic rings. The van der Waals surface area contributed by atoms with Gasteiger partial charge in [0.1, 0.15) is 0 Å². The number of carbonyl (C=O) groups is 2. The lowest BCUT2D eigenvalue weighted by Crippen LogP contribution is -2.49. The van der Waals surface area contributed by atoms with Gasteiger partial charge in [0.15, 0.2) is 6.04 Å². The number of aliphatic hydroxyl groups excluding tert-OH is 1. The number of hydrogen-bond acceptors (Lipinski definition) is 4. The number of carboxylic acids is 1. The van der Waals surface area contributed by atoms with Crippen molar-refractivity contribution in [2.24, 2.45) is 0 Å². The van der Waals surface area contributed by atoms with E-state index in [9.17, 15) is 9.59 Å². The van der Waals surface area contributed by atoms with Crippen molar-refractivity contribution in [3.8, 4) is 0 Å². The summed E-state index contributed by atoms with van der Waals surface area (Å²) in [5.74, 6) is -1.27. The van der Waals surface area contributed by atoms with Crippen LogP contribution in [-0.4, -0.2) is 67.1 Å². The number of ether oxygens (including phenoxy) is 1. The molecule has 0 rings (SSSR count). The molecule has 3 N–H and O–H groups in total. The van der Waals surface area contributed by atoms with Gasteiger partial charge < -0.3 is 25.2 Å². The molecule has 0 spiro atoms. The minimum absolute atomic E-state index is 0.347. The van der Waals surface area contributed by atoms with Gasteiger partial charge in [0.2, 0.25) is 0 Å². The summed E-state index contributed by atoms with van der Waals surface area (Å²) < 4.78 is 4.75. The number of nitrogens with zero attached hydrogens (tertiary/aromatic N) is 1. The van der Waals surface area contributed by atoms with Gasteiger partial charge in [-0.25, -0.2) is 9.59 Å².